The summed E-state index contributed by atoms with van der Waals surface area (Å²) in [4.78, 5) is 17.5. The Kier molecular flexibility index (Phi) is 3.32. The molecule has 0 spiro atoms. The van der Waals surface area contributed by atoms with E-state index >= 15 is 0 Å². The van der Waals surface area contributed by atoms with E-state index in [1.165, 1.54) is 19.4 Å². The summed E-state index contributed by atoms with van der Waals surface area (Å²) >= 11 is 0. The predicted molar refractivity (Wildman–Crippen MR) is 71.4 cm³/mol. The number of carbonyl (C=O) groups is 1. The Labute approximate surface area is 110 Å². The maximum Gasteiger partial charge on any atom is 0.228 e. The molecule has 0 bridgehead atoms. The highest BCUT2D eigenvalue weighted by molar-refractivity contribution is 5.82. The molecule has 1 unspecified atom stereocenters. The van der Waals surface area contributed by atoms with Gasteiger partial charge in [-0.25, -0.2) is 0 Å². The van der Waals surface area contributed by atoms with E-state index in [9.17, 15) is 4.79 Å². The molecule has 102 valence electrons. The second kappa shape index (κ2) is 4.82. The molecule has 0 radical (unpaired) electrons. The van der Waals surface area contributed by atoms with Crippen LogP contribution in [0.3, 0.4) is 0 Å². The van der Waals surface area contributed by atoms with Crippen molar-refractivity contribution >= 4 is 5.91 Å². The van der Waals surface area contributed by atoms with E-state index in [0.29, 0.717) is 11.9 Å². The molecule has 3 aliphatic heterocycles. The third-order valence-electron chi connectivity index (χ3n) is 5.10. The van der Waals surface area contributed by atoms with Gasteiger partial charge < -0.3 is 10.2 Å². The van der Waals surface area contributed by atoms with Crippen LogP contribution in [-0.4, -0.2) is 61.0 Å². The maximum atomic E-state index is 12.7. The summed E-state index contributed by atoms with van der Waals surface area (Å²) < 4.78 is 0. The fourth-order valence-electron chi connectivity index (χ4n) is 3.75. The minimum absolute atomic E-state index is 0.105. The zero-order valence-corrected chi connectivity index (χ0v) is 11.5. The van der Waals surface area contributed by atoms with Gasteiger partial charge in [0.15, 0.2) is 0 Å². The molecule has 4 heteroatoms. The van der Waals surface area contributed by atoms with Crippen LogP contribution in [0.4, 0.5) is 0 Å². The molecule has 0 aromatic heterocycles. The number of piperidine rings is 1. The molecule has 1 N–H and O–H groups in total. The van der Waals surface area contributed by atoms with Crippen molar-refractivity contribution in [1.82, 2.24) is 15.1 Å². The van der Waals surface area contributed by atoms with Crippen molar-refractivity contribution in [1.29, 1.82) is 0 Å². The summed E-state index contributed by atoms with van der Waals surface area (Å²) in [6.07, 6.45) is 4.59. The Bertz CT molecular complexity index is 325. The third-order valence-corrected chi connectivity index (χ3v) is 5.10. The third kappa shape index (κ3) is 2.16. The molecular formula is C14H25N3O. The van der Waals surface area contributed by atoms with Crippen LogP contribution in [-0.2, 0) is 4.79 Å². The van der Waals surface area contributed by atoms with E-state index in [4.69, 9.17) is 0 Å². The molecule has 0 aromatic rings. The number of rotatable bonds is 1. The number of hydrogen-bond acceptors (Lipinski definition) is 3. The topological polar surface area (TPSA) is 35.6 Å². The molecule has 1 amide bonds. The van der Waals surface area contributed by atoms with Gasteiger partial charge in [0.1, 0.15) is 0 Å². The number of piperazine rings is 1. The Hall–Kier alpha value is -0.610. The predicted octanol–water partition coefficient (Wildman–Crippen LogP) is 0.683. The number of nitrogens with zero attached hydrogens (tertiary/aromatic N) is 2. The SMILES string of the molecule is CC1(C(=O)N2CCN3CCCC3C2)CCNCC1. The summed E-state index contributed by atoms with van der Waals surface area (Å²) in [6, 6.07) is 0.646. The van der Waals surface area contributed by atoms with Crippen molar-refractivity contribution in [3.8, 4) is 0 Å². The van der Waals surface area contributed by atoms with Gasteiger partial charge in [-0.1, -0.05) is 6.92 Å². The van der Waals surface area contributed by atoms with Crippen molar-refractivity contribution in [2.45, 2.75) is 38.6 Å². The molecule has 4 nitrogen and oxygen atoms in total. The van der Waals surface area contributed by atoms with Crippen LogP contribution in [0, 0.1) is 5.41 Å². The minimum atomic E-state index is -0.105. The van der Waals surface area contributed by atoms with Crippen molar-refractivity contribution in [2.24, 2.45) is 5.41 Å². The van der Waals surface area contributed by atoms with Gasteiger partial charge in [0, 0.05) is 31.1 Å². The van der Waals surface area contributed by atoms with Crippen LogP contribution in [0.25, 0.3) is 0 Å². The lowest BCUT2D eigenvalue weighted by atomic mass is 9.79. The molecule has 3 rings (SSSR count). The van der Waals surface area contributed by atoms with Crippen LogP contribution >= 0.6 is 0 Å². The van der Waals surface area contributed by atoms with Crippen LogP contribution in [0.1, 0.15) is 32.6 Å². The van der Waals surface area contributed by atoms with E-state index in [2.05, 4.69) is 22.0 Å². The summed E-state index contributed by atoms with van der Waals surface area (Å²) in [6.45, 7) is 8.40. The van der Waals surface area contributed by atoms with Crippen LogP contribution in [0.15, 0.2) is 0 Å². The van der Waals surface area contributed by atoms with Gasteiger partial charge in [0.05, 0.1) is 0 Å². The number of amides is 1. The lowest BCUT2D eigenvalue weighted by molar-refractivity contribution is -0.145. The molecule has 0 saturated carbocycles. The second-order valence-electron chi connectivity index (χ2n) is 6.39. The molecule has 0 aliphatic carbocycles. The van der Waals surface area contributed by atoms with E-state index in [1.54, 1.807) is 0 Å². The van der Waals surface area contributed by atoms with E-state index in [-0.39, 0.29) is 5.41 Å². The van der Waals surface area contributed by atoms with Crippen molar-refractivity contribution in [3.05, 3.63) is 0 Å². The summed E-state index contributed by atoms with van der Waals surface area (Å²) in [5, 5.41) is 3.36. The zero-order valence-electron chi connectivity index (χ0n) is 11.5. The smallest absolute Gasteiger partial charge is 0.228 e. The summed E-state index contributed by atoms with van der Waals surface area (Å²) in [5.74, 6) is 0.413. The average Bonchev–Trinajstić information content (AvgIpc) is 2.86. The molecule has 1 atom stereocenters. The van der Waals surface area contributed by atoms with E-state index in [1.807, 2.05) is 0 Å². The van der Waals surface area contributed by atoms with Crippen molar-refractivity contribution < 1.29 is 4.79 Å². The average molecular weight is 251 g/mol. The van der Waals surface area contributed by atoms with Gasteiger partial charge in [-0.2, -0.15) is 0 Å². The first-order valence-electron chi connectivity index (χ1n) is 7.43. The standard InChI is InChI=1S/C14H25N3O/c1-14(4-6-15-7-5-14)13(18)17-10-9-16-8-2-3-12(16)11-17/h12,15H,2-11H2,1H3. The summed E-state index contributed by atoms with van der Waals surface area (Å²) in [7, 11) is 0. The van der Waals surface area contributed by atoms with Gasteiger partial charge in [0.25, 0.3) is 0 Å². The Morgan fingerprint density at radius 1 is 1.22 bits per heavy atom. The van der Waals surface area contributed by atoms with E-state index in [0.717, 1.165) is 45.6 Å². The quantitative estimate of drug-likeness (QED) is 0.744. The first kappa shape index (κ1) is 12.4. The fourth-order valence-corrected chi connectivity index (χ4v) is 3.75. The van der Waals surface area contributed by atoms with Gasteiger partial charge in [-0.15, -0.1) is 0 Å². The fraction of sp³-hybridized carbons (Fsp3) is 0.929. The Morgan fingerprint density at radius 2 is 2.00 bits per heavy atom. The molecule has 18 heavy (non-hydrogen) atoms. The molecular weight excluding hydrogens is 226 g/mol. The Morgan fingerprint density at radius 3 is 2.78 bits per heavy atom. The van der Waals surface area contributed by atoms with Gasteiger partial charge in [-0.3, -0.25) is 9.69 Å². The number of carbonyl (C=O) groups excluding carboxylic acids is 1. The Balaban J connectivity index is 1.65. The monoisotopic (exact) mass is 251 g/mol. The zero-order chi connectivity index (χ0) is 12.6. The molecule has 3 fully saturated rings. The first-order valence-corrected chi connectivity index (χ1v) is 7.43. The lowest BCUT2D eigenvalue weighted by Crippen LogP contribution is -2.56. The largest absolute Gasteiger partial charge is 0.339 e. The normalized spacial score (nSPS) is 32.3. The van der Waals surface area contributed by atoms with Gasteiger partial charge in [0.2, 0.25) is 5.91 Å². The number of nitrogens with one attached hydrogen (secondary N) is 1. The van der Waals surface area contributed by atoms with Crippen LogP contribution in [0.2, 0.25) is 0 Å². The van der Waals surface area contributed by atoms with E-state index < -0.39 is 0 Å². The highest BCUT2D eigenvalue weighted by Gasteiger charge is 2.40. The van der Waals surface area contributed by atoms with Crippen molar-refractivity contribution in [2.75, 3.05) is 39.3 Å². The van der Waals surface area contributed by atoms with Crippen molar-refractivity contribution in [3.63, 3.8) is 0 Å². The number of hydrogen-bond donors (Lipinski definition) is 1. The van der Waals surface area contributed by atoms with Crippen LogP contribution < -0.4 is 5.32 Å². The van der Waals surface area contributed by atoms with Crippen LogP contribution in [0.5, 0.6) is 0 Å². The number of fused-ring (bicyclic) bond motifs is 1. The molecule has 0 aromatic carbocycles. The highest BCUT2D eigenvalue weighted by Crippen LogP contribution is 2.32. The first-order chi connectivity index (χ1) is 8.69. The maximum absolute atomic E-state index is 12.7. The lowest BCUT2D eigenvalue weighted by Gasteiger charge is -2.43. The van der Waals surface area contributed by atoms with Gasteiger partial charge >= 0.3 is 0 Å². The second-order valence-corrected chi connectivity index (χ2v) is 6.39. The molecule has 3 aliphatic rings. The molecule has 3 heterocycles. The van der Waals surface area contributed by atoms with Gasteiger partial charge in [-0.05, 0) is 45.3 Å². The highest BCUT2D eigenvalue weighted by atomic mass is 16.2. The molecule has 3 saturated heterocycles. The summed E-state index contributed by atoms with van der Waals surface area (Å²) in [5.41, 5.74) is -0.105. The minimum Gasteiger partial charge on any atom is -0.339 e.